The zero-order valence-electron chi connectivity index (χ0n) is 14.8. The summed E-state index contributed by atoms with van der Waals surface area (Å²) in [5.41, 5.74) is 1.52. The van der Waals surface area contributed by atoms with Crippen molar-refractivity contribution in [1.29, 1.82) is 0 Å². The Balaban J connectivity index is 1.62. The average Bonchev–Trinajstić information content (AvgIpc) is 3.00. The van der Waals surface area contributed by atoms with Gasteiger partial charge in [-0.05, 0) is 37.5 Å². The summed E-state index contributed by atoms with van der Waals surface area (Å²) in [5.74, 6) is -0.203. The fourth-order valence-electron chi connectivity index (χ4n) is 3.52. The molecule has 2 aliphatic heterocycles. The lowest BCUT2D eigenvalue weighted by atomic mass is 10.0. The van der Waals surface area contributed by atoms with Crippen molar-refractivity contribution in [2.75, 3.05) is 11.9 Å². The number of hydrogen-bond acceptors (Lipinski definition) is 3. The molecule has 26 heavy (non-hydrogen) atoms. The molecule has 0 aromatic heterocycles. The fraction of sp³-hybridized carbons (Fsp3) is 0.500. The van der Waals surface area contributed by atoms with Gasteiger partial charge >= 0.3 is 6.03 Å². The summed E-state index contributed by atoms with van der Waals surface area (Å²) in [6.45, 7) is 4.19. The van der Waals surface area contributed by atoms with E-state index in [2.05, 4.69) is 16.0 Å². The first-order valence-electron chi connectivity index (χ1n) is 8.83. The first kappa shape index (κ1) is 18.5. The van der Waals surface area contributed by atoms with E-state index in [0.717, 1.165) is 12.0 Å². The molecule has 2 fully saturated rings. The van der Waals surface area contributed by atoms with Crippen LogP contribution in [0.2, 0.25) is 5.02 Å². The Bertz CT molecular complexity index is 739. The molecule has 4 amide bonds. The van der Waals surface area contributed by atoms with E-state index < -0.39 is 12.1 Å². The highest BCUT2D eigenvalue weighted by Crippen LogP contribution is 2.24. The van der Waals surface area contributed by atoms with Gasteiger partial charge in [0.2, 0.25) is 11.8 Å². The van der Waals surface area contributed by atoms with Crippen LogP contribution in [-0.2, 0) is 9.59 Å². The van der Waals surface area contributed by atoms with Crippen molar-refractivity contribution >= 4 is 35.1 Å². The third-order valence-corrected chi connectivity index (χ3v) is 5.10. The van der Waals surface area contributed by atoms with Gasteiger partial charge in [0.1, 0.15) is 12.1 Å². The van der Waals surface area contributed by atoms with Crippen LogP contribution >= 0.6 is 11.6 Å². The van der Waals surface area contributed by atoms with Crippen LogP contribution in [0.15, 0.2) is 18.2 Å². The maximum Gasteiger partial charge on any atom is 0.319 e. The Hall–Kier alpha value is -2.28. The molecule has 3 atom stereocenters. The number of hydrogen-bond donors (Lipinski definition) is 3. The number of carbonyl (C=O) groups is 3. The summed E-state index contributed by atoms with van der Waals surface area (Å²) < 4.78 is 0. The van der Waals surface area contributed by atoms with Gasteiger partial charge in [0, 0.05) is 17.3 Å². The molecule has 1 aromatic carbocycles. The van der Waals surface area contributed by atoms with Crippen LogP contribution in [0.1, 0.15) is 31.7 Å². The van der Waals surface area contributed by atoms with Crippen LogP contribution in [0.5, 0.6) is 0 Å². The highest BCUT2D eigenvalue weighted by atomic mass is 35.5. The average molecular weight is 379 g/mol. The minimum atomic E-state index is -0.506. The highest BCUT2D eigenvalue weighted by Gasteiger charge is 2.46. The molecule has 0 aliphatic carbocycles. The summed E-state index contributed by atoms with van der Waals surface area (Å²) in [5, 5.41) is 8.95. The van der Waals surface area contributed by atoms with E-state index in [1.54, 1.807) is 17.0 Å². The number of nitrogens with one attached hydrogen (secondary N) is 3. The summed E-state index contributed by atoms with van der Waals surface area (Å²) >= 11 is 5.96. The van der Waals surface area contributed by atoms with Gasteiger partial charge in [0.15, 0.2) is 0 Å². The van der Waals surface area contributed by atoms with Crippen molar-refractivity contribution in [3.8, 4) is 0 Å². The molecular formula is C18H23ClN4O3. The third-order valence-electron chi connectivity index (χ3n) is 4.86. The number of halogens is 1. The van der Waals surface area contributed by atoms with Crippen molar-refractivity contribution in [2.45, 2.75) is 51.2 Å². The molecule has 8 heteroatoms. The molecule has 7 nitrogen and oxygen atoms in total. The van der Waals surface area contributed by atoms with Gasteiger partial charge in [0.05, 0.1) is 6.04 Å². The molecule has 3 N–H and O–H groups in total. The van der Waals surface area contributed by atoms with E-state index >= 15 is 0 Å². The topological polar surface area (TPSA) is 90.5 Å². The number of nitrogens with zero attached hydrogens (tertiary/aromatic N) is 1. The molecule has 140 valence electrons. The lowest BCUT2D eigenvalue weighted by molar-refractivity contribution is -0.147. The highest BCUT2D eigenvalue weighted by molar-refractivity contribution is 6.31. The largest absolute Gasteiger partial charge is 0.343 e. The Labute approximate surface area is 157 Å². The fourth-order valence-corrected chi connectivity index (χ4v) is 3.69. The van der Waals surface area contributed by atoms with Crippen LogP contribution < -0.4 is 16.0 Å². The Kier molecular flexibility index (Phi) is 5.36. The molecule has 2 saturated heterocycles. The second kappa shape index (κ2) is 7.53. The number of anilines is 1. The number of benzene rings is 1. The lowest BCUT2D eigenvalue weighted by Gasteiger charge is -2.34. The molecule has 2 heterocycles. The molecule has 0 saturated carbocycles. The number of urea groups is 1. The summed E-state index contributed by atoms with van der Waals surface area (Å²) in [4.78, 5) is 38.7. The minimum Gasteiger partial charge on any atom is -0.343 e. The second-order valence-corrected chi connectivity index (χ2v) is 7.28. The summed E-state index contributed by atoms with van der Waals surface area (Å²) in [6, 6.07) is 3.66. The second-order valence-electron chi connectivity index (χ2n) is 6.85. The van der Waals surface area contributed by atoms with Gasteiger partial charge in [-0.25, -0.2) is 4.79 Å². The van der Waals surface area contributed by atoms with Gasteiger partial charge in [-0.15, -0.1) is 0 Å². The van der Waals surface area contributed by atoms with E-state index in [1.165, 1.54) is 0 Å². The predicted molar refractivity (Wildman–Crippen MR) is 99.1 cm³/mol. The van der Waals surface area contributed by atoms with Gasteiger partial charge in [0.25, 0.3) is 0 Å². The molecule has 0 spiro atoms. The van der Waals surface area contributed by atoms with Gasteiger partial charge in [-0.2, -0.15) is 0 Å². The number of aryl methyl sites for hydroxylation is 1. The number of amides is 4. The van der Waals surface area contributed by atoms with Crippen LogP contribution in [0, 0.1) is 6.92 Å². The molecule has 2 aliphatic rings. The van der Waals surface area contributed by atoms with Crippen LogP contribution in [0.4, 0.5) is 10.5 Å². The smallest absolute Gasteiger partial charge is 0.319 e. The van der Waals surface area contributed by atoms with Gasteiger partial charge in [-0.1, -0.05) is 31.0 Å². The first-order valence-corrected chi connectivity index (χ1v) is 9.21. The molecule has 0 unspecified atom stereocenters. The third kappa shape index (κ3) is 3.77. The Morgan fingerprint density at radius 2 is 2.15 bits per heavy atom. The van der Waals surface area contributed by atoms with Crippen molar-refractivity contribution in [2.24, 2.45) is 0 Å². The van der Waals surface area contributed by atoms with E-state index in [0.29, 0.717) is 30.1 Å². The quantitative estimate of drug-likeness (QED) is 0.748. The number of fused-ring (bicyclic) bond motifs is 1. The van der Waals surface area contributed by atoms with E-state index in [1.807, 2.05) is 19.9 Å². The standard InChI is InChI=1S/C18H23ClN4O3/c1-3-4-13-17(25)23-9-12(8-15(23)16(24)21-13)20-18(26)22-14-7-11(19)6-5-10(14)2/h5-7,12-13,15H,3-4,8-9H2,1-2H3,(H,21,24)(H2,20,22,26)/t12-,13-,15-/m0/s1. The zero-order valence-corrected chi connectivity index (χ0v) is 15.6. The molecule has 1 aromatic rings. The maximum absolute atomic E-state index is 12.5. The number of piperazine rings is 1. The number of rotatable bonds is 4. The predicted octanol–water partition coefficient (Wildman–Crippen LogP) is 2.04. The van der Waals surface area contributed by atoms with Crippen molar-refractivity contribution in [1.82, 2.24) is 15.5 Å². The number of carbonyl (C=O) groups excluding carboxylic acids is 3. The summed E-state index contributed by atoms with van der Waals surface area (Å²) in [6.07, 6.45) is 1.86. The van der Waals surface area contributed by atoms with Gasteiger partial charge in [-0.3, -0.25) is 9.59 Å². The van der Waals surface area contributed by atoms with Crippen molar-refractivity contribution in [3.05, 3.63) is 28.8 Å². The van der Waals surface area contributed by atoms with Crippen LogP contribution in [0.25, 0.3) is 0 Å². The molecular weight excluding hydrogens is 356 g/mol. The molecule has 0 bridgehead atoms. The minimum absolute atomic E-state index is 0.0631. The molecule has 3 rings (SSSR count). The van der Waals surface area contributed by atoms with E-state index in [-0.39, 0.29) is 23.9 Å². The monoisotopic (exact) mass is 378 g/mol. The lowest BCUT2D eigenvalue weighted by Crippen LogP contribution is -2.61. The zero-order chi connectivity index (χ0) is 18.8. The maximum atomic E-state index is 12.5. The Morgan fingerprint density at radius 3 is 2.88 bits per heavy atom. The van der Waals surface area contributed by atoms with Crippen molar-refractivity contribution in [3.63, 3.8) is 0 Å². The van der Waals surface area contributed by atoms with E-state index in [9.17, 15) is 14.4 Å². The van der Waals surface area contributed by atoms with Crippen LogP contribution in [0.3, 0.4) is 0 Å². The SMILES string of the molecule is CCC[C@@H]1NC(=O)[C@@H]2C[C@H](NC(=O)Nc3cc(Cl)ccc3C)CN2C1=O. The van der Waals surface area contributed by atoms with E-state index in [4.69, 9.17) is 11.6 Å². The first-order chi connectivity index (χ1) is 12.4. The van der Waals surface area contributed by atoms with Gasteiger partial charge < -0.3 is 20.9 Å². The van der Waals surface area contributed by atoms with Crippen molar-refractivity contribution < 1.29 is 14.4 Å². The normalized spacial score (nSPS) is 24.9. The molecule has 0 radical (unpaired) electrons. The Morgan fingerprint density at radius 1 is 1.38 bits per heavy atom. The summed E-state index contributed by atoms with van der Waals surface area (Å²) in [7, 11) is 0. The van der Waals surface area contributed by atoms with Crippen LogP contribution in [-0.4, -0.2) is 47.4 Å².